The fraction of sp³-hybridized carbons (Fsp3) is 0.571. The fourth-order valence-corrected chi connectivity index (χ4v) is 1.93. The molecule has 90 valence electrons. The van der Waals surface area contributed by atoms with E-state index in [1.165, 1.54) is 25.7 Å². The largest absolute Gasteiger partial charge is 0.497 e. The summed E-state index contributed by atoms with van der Waals surface area (Å²) in [6.07, 6.45) is 4.90. The number of nitrogens with one attached hydrogen (secondary N) is 1. The van der Waals surface area contributed by atoms with E-state index < -0.39 is 0 Å². The molecular formula is C14H23NO. The zero-order chi connectivity index (χ0) is 11.8. The van der Waals surface area contributed by atoms with Gasteiger partial charge in [0.1, 0.15) is 5.75 Å². The molecule has 0 aliphatic rings. The molecule has 0 saturated heterocycles. The number of hydrogen-bond acceptors (Lipinski definition) is 2. The van der Waals surface area contributed by atoms with E-state index >= 15 is 0 Å². The summed E-state index contributed by atoms with van der Waals surface area (Å²) in [6.45, 7) is 4.46. The van der Waals surface area contributed by atoms with Crippen LogP contribution in [0.3, 0.4) is 0 Å². The van der Waals surface area contributed by atoms with Crippen molar-refractivity contribution in [2.75, 3.05) is 12.4 Å². The summed E-state index contributed by atoms with van der Waals surface area (Å²) >= 11 is 0. The normalized spacial score (nSPS) is 10.5. The Labute approximate surface area is 99.0 Å². The minimum atomic E-state index is 0.585. The highest BCUT2D eigenvalue weighted by Gasteiger charge is 2.06. The van der Waals surface area contributed by atoms with Crippen LogP contribution in [0.2, 0.25) is 0 Å². The number of rotatable bonds is 7. The van der Waals surface area contributed by atoms with Crippen LogP contribution in [0.4, 0.5) is 5.69 Å². The van der Waals surface area contributed by atoms with Crippen molar-refractivity contribution in [3.05, 3.63) is 24.3 Å². The summed E-state index contributed by atoms with van der Waals surface area (Å²) < 4.78 is 5.22. The summed E-state index contributed by atoms with van der Waals surface area (Å²) in [5, 5.41) is 3.58. The van der Waals surface area contributed by atoms with Gasteiger partial charge in [-0.15, -0.1) is 0 Å². The molecule has 0 spiro atoms. The maximum atomic E-state index is 5.22. The molecule has 0 bridgehead atoms. The molecule has 0 unspecified atom stereocenters. The molecule has 0 radical (unpaired) electrons. The first-order valence-corrected chi connectivity index (χ1v) is 6.20. The van der Waals surface area contributed by atoms with Gasteiger partial charge in [-0.05, 0) is 25.0 Å². The van der Waals surface area contributed by atoms with Crippen molar-refractivity contribution < 1.29 is 4.74 Å². The Balaban J connectivity index is 2.60. The number of methoxy groups -OCH3 is 1. The van der Waals surface area contributed by atoms with Crippen LogP contribution in [-0.4, -0.2) is 13.2 Å². The van der Waals surface area contributed by atoms with Crippen LogP contribution in [0.1, 0.15) is 39.5 Å². The van der Waals surface area contributed by atoms with E-state index in [-0.39, 0.29) is 0 Å². The van der Waals surface area contributed by atoms with Gasteiger partial charge in [0, 0.05) is 17.8 Å². The predicted molar refractivity (Wildman–Crippen MR) is 70.2 cm³/mol. The van der Waals surface area contributed by atoms with Crippen LogP contribution in [0.25, 0.3) is 0 Å². The van der Waals surface area contributed by atoms with Crippen LogP contribution in [0.5, 0.6) is 5.75 Å². The van der Waals surface area contributed by atoms with Crippen molar-refractivity contribution in [2.45, 2.75) is 45.6 Å². The predicted octanol–water partition coefficient (Wildman–Crippen LogP) is 4.08. The van der Waals surface area contributed by atoms with E-state index in [9.17, 15) is 0 Å². The van der Waals surface area contributed by atoms with E-state index in [1.54, 1.807) is 7.11 Å². The average Bonchev–Trinajstić information content (AvgIpc) is 2.30. The first kappa shape index (κ1) is 12.9. The van der Waals surface area contributed by atoms with Crippen LogP contribution in [0, 0.1) is 0 Å². The number of ether oxygens (including phenoxy) is 1. The maximum Gasteiger partial charge on any atom is 0.120 e. The monoisotopic (exact) mass is 221 g/mol. The van der Waals surface area contributed by atoms with E-state index in [4.69, 9.17) is 4.74 Å². The van der Waals surface area contributed by atoms with Gasteiger partial charge < -0.3 is 10.1 Å². The van der Waals surface area contributed by atoms with Crippen LogP contribution < -0.4 is 10.1 Å². The average molecular weight is 221 g/mol. The molecule has 2 heteroatoms. The van der Waals surface area contributed by atoms with E-state index in [1.807, 2.05) is 12.1 Å². The van der Waals surface area contributed by atoms with Gasteiger partial charge in [0.2, 0.25) is 0 Å². The number of benzene rings is 1. The van der Waals surface area contributed by atoms with Crippen molar-refractivity contribution in [1.82, 2.24) is 0 Å². The molecule has 0 fully saturated rings. The van der Waals surface area contributed by atoms with Crippen molar-refractivity contribution in [3.63, 3.8) is 0 Å². The number of hydrogen-bond donors (Lipinski definition) is 1. The molecule has 0 heterocycles. The van der Waals surface area contributed by atoms with Gasteiger partial charge in [0.15, 0.2) is 0 Å². The third kappa shape index (κ3) is 4.13. The molecule has 0 aliphatic heterocycles. The van der Waals surface area contributed by atoms with Crippen LogP contribution in [-0.2, 0) is 0 Å². The Morgan fingerprint density at radius 2 is 1.88 bits per heavy atom. The second-order valence-electron chi connectivity index (χ2n) is 4.15. The standard InChI is InChI=1S/C14H23NO/c1-4-7-12(8-5-2)15-13-9-6-10-14(11-13)16-3/h6,9-12,15H,4-5,7-8H2,1-3H3. The molecule has 1 rings (SSSR count). The molecule has 1 N–H and O–H groups in total. The molecule has 16 heavy (non-hydrogen) atoms. The molecule has 2 nitrogen and oxygen atoms in total. The van der Waals surface area contributed by atoms with E-state index in [2.05, 4.69) is 31.3 Å². The fourth-order valence-electron chi connectivity index (χ4n) is 1.93. The Kier molecular flexibility index (Phi) is 5.76. The Hall–Kier alpha value is -1.18. The Bertz CT molecular complexity index is 293. The maximum absolute atomic E-state index is 5.22. The van der Waals surface area contributed by atoms with Crippen LogP contribution in [0.15, 0.2) is 24.3 Å². The summed E-state index contributed by atoms with van der Waals surface area (Å²) in [5.74, 6) is 0.914. The molecule has 0 aliphatic carbocycles. The summed E-state index contributed by atoms with van der Waals surface area (Å²) in [7, 11) is 1.70. The third-order valence-electron chi connectivity index (χ3n) is 2.71. The lowest BCUT2D eigenvalue weighted by molar-refractivity contribution is 0.415. The van der Waals surface area contributed by atoms with Crippen molar-refractivity contribution >= 4 is 5.69 Å². The SMILES string of the molecule is CCCC(CCC)Nc1cccc(OC)c1. The molecule has 0 atom stereocenters. The van der Waals surface area contributed by atoms with Gasteiger partial charge in [-0.3, -0.25) is 0 Å². The smallest absolute Gasteiger partial charge is 0.120 e. The highest BCUT2D eigenvalue weighted by Crippen LogP contribution is 2.19. The summed E-state index contributed by atoms with van der Waals surface area (Å²) in [5.41, 5.74) is 1.16. The zero-order valence-electron chi connectivity index (χ0n) is 10.6. The minimum absolute atomic E-state index is 0.585. The van der Waals surface area contributed by atoms with Gasteiger partial charge in [0.05, 0.1) is 7.11 Å². The first-order valence-electron chi connectivity index (χ1n) is 6.20. The second kappa shape index (κ2) is 7.15. The molecule has 0 amide bonds. The van der Waals surface area contributed by atoms with Crippen molar-refractivity contribution in [1.29, 1.82) is 0 Å². The summed E-state index contributed by atoms with van der Waals surface area (Å²) in [6, 6.07) is 8.73. The Morgan fingerprint density at radius 3 is 2.44 bits per heavy atom. The third-order valence-corrected chi connectivity index (χ3v) is 2.71. The van der Waals surface area contributed by atoms with Gasteiger partial charge in [0.25, 0.3) is 0 Å². The lowest BCUT2D eigenvalue weighted by atomic mass is 10.1. The lowest BCUT2D eigenvalue weighted by Crippen LogP contribution is -2.18. The zero-order valence-corrected chi connectivity index (χ0v) is 10.6. The topological polar surface area (TPSA) is 21.3 Å². The highest BCUT2D eigenvalue weighted by molar-refractivity contribution is 5.48. The van der Waals surface area contributed by atoms with Crippen LogP contribution >= 0.6 is 0 Å². The molecule has 0 aromatic heterocycles. The van der Waals surface area contributed by atoms with Crippen molar-refractivity contribution in [2.24, 2.45) is 0 Å². The molecule has 1 aromatic rings. The highest BCUT2D eigenvalue weighted by atomic mass is 16.5. The second-order valence-corrected chi connectivity index (χ2v) is 4.15. The lowest BCUT2D eigenvalue weighted by Gasteiger charge is -2.19. The van der Waals surface area contributed by atoms with Gasteiger partial charge in [-0.2, -0.15) is 0 Å². The van der Waals surface area contributed by atoms with E-state index in [0.717, 1.165) is 11.4 Å². The van der Waals surface area contributed by atoms with Gasteiger partial charge in [-0.1, -0.05) is 32.8 Å². The van der Waals surface area contributed by atoms with Gasteiger partial charge >= 0.3 is 0 Å². The van der Waals surface area contributed by atoms with Gasteiger partial charge in [-0.25, -0.2) is 0 Å². The van der Waals surface area contributed by atoms with E-state index in [0.29, 0.717) is 6.04 Å². The molecular weight excluding hydrogens is 198 g/mol. The minimum Gasteiger partial charge on any atom is -0.497 e. The number of anilines is 1. The van der Waals surface area contributed by atoms with Crippen molar-refractivity contribution in [3.8, 4) is 5.75 Å². The Morgan fingerprint density at radius 1 is 1.19 bits per heavy atom. The summed E-state index contributed by atoms with van der Waals surface area (Å²) in [4.78, 5) is 0. The first-order chi connectivity index (χ1) is 7.80. The molecule has 1 aromatic carbocycles. The quantitative estimate of drug-likeness (QED) is 0.749. The molecule has 0 saturated carbocycles.